The Balaban J connectivity index is 1.69. The van der Waals surface area contributed by atoms with E-state index in [2.05, 4.69) is 18.8 Å². The monoisotopic (exact) mass is 723 g/mol. The molecule has 1 fully saturated rings. The summed E-state index contributed by atoms with van der Waals surface area (Å²) in [5.41, 5.74) is -1.29. The standard InChI is InChI=1S/C41H71FN2O7/c1-3-5-7-9-11-13-15-17-19-21-23-25-27-29-37(46)49-34-33-36(44-32-31-35(45)43-41(44)48)50-39(34)40(42)51-38(47)30-28-26-24-22-20-18-16-14-12-10-8-6-4-2/h31-32,34,36,39-40H,3-30,33H2,1-2H3,(H,43,45,48)/t34-,36+,39-,40?/m0/s1. The quantitative estimate of drug-likeness (QED) is 0.0581. The zero-order valence-corrected chi connectivity index (χ0v) is 32.2. The minimum Gasteiger partial charge on any atom is -0.459 e. The van der Waals surface area contributed by atoms with Gasteiger partial charge in [-0.1, -0.05) is 168 Å². The molecule has 9 nitrogen and oxygen atoms in total. The van der Waals surface area contributed by atoms with Crippen LogP contribution in [0.4, 0.5) is 4.39 Å². The van der Waals surface area contributed by atoms with Crippen LogP contribution >= 0.6 is 0 Å². The van der Waals surface area contributed by atoms with Crippen molar-refractivity contribution in [2.24, 2.45) is 0 Å². The summed E-state index contributed by atoms with van der Waals surface area (Å²) in [6.07, 6.45) is 26.8. The molecular formula is C41H71FN2O7. The number of carbonyl (C=O) groups is 2. The molecule has 4 atom stereocenters. The Morgan fingerprint density at radius 2 is 1.12 bits per heavy atom. The van der Waals surface area contributed by atoms with Gasteiger partial charge in [-0.25, -0.2) is 4.79 Å². The van der Waals surface area contributed by atoms with Gasteiger partial charge in [0.2, 0.25) is 0 Å². The highest BCUT2D eigenvalue weighted by Crippen LogP contribution is 2.33. The van der Waals surface area contributed by atoms with E-state index >= 15 is 4.39 Å². The molecule has 1 unspecified atom stereocenters. The number of hydrogen-bond acceptors (Lipinski definition) is 7. The fourth-order valence-electron chi connectivity index (χ4n) is 6.89. The maximum absolute atomic E-state index is 15.4. The number of H-pyrrole nitrogens is 1. The summed E-state index contributed by atoms with van der Waals surface area (Å²) in [5, 5.41) is 0. The first kappa shape index (κ1) is 44.7. The van der Waals surface area contributed by atoms with E-state index in [9.17, 15) is 19.2 Å². The molecule has 294 valence electrons. The molecule has 0 aliphatic carbocycles. The van der Waals surface area contributed by atoms with Crippen LogP contribution in [0.1, 0.15) is 206 Å². The van der Waals surface area contributed by atoms with Gasteiger partial charge < -0.3 is 14.2 Å². The van der Waals surface area contributed by atoms with Gasteiger partial charge in [0, 0.05) is 31.5 Å². The number of carbonyl (C=O) groups excluding carboxylic acids is 2. The van der Waals surface area contributed by atoms with Gasteiger partial charge in [0.1, 0.15) is 12.3 Å². The second-order valence-corrected chi connectivity index (χ2v) is 14.7. The predicted molar refractivity (Wildman–Crippen MR) is 201 cm³/mol. The Kier molecular flexibility index (Phi) is 25.4. The molecule has 2 heterocycles. The fraction of sp³-hybridized carbons (Fsp3) is 0.854. The first-order valence-corrected chi connectivity index (χ1v) is 20.9. The van der Waals surface area contributed by atoms with Crippen LogP contribution in [0.15, 0.2) is 21.9 Å². The first-order chi connectivity index (χ1) is 24.8. The van der Waals surface area contributed by atoms with Crippen LogP contribution in [0.2, 0.25) is 0 Å². The van der Waals surface area contributed by atoms with E-state index in [1.807, 2.05) is 0 Å². The Hall–Kier alpha value is -2.49. The number of aromatic nitrogens is 2. The van der Waals surface area contributed by atoms with Crippen LogP contribution in [0.3, 0.4) is 0 Å². The third-order valence-corrected chi connectivity index (χ3v) is 10.0. The van der Waals surface area contributed by atoms with Gasteiger partial charge in [0.25, 0.3) is 11.9 Å². The fourth-order valence-corrected chi connectivity index (χ4v) is 6.89. The number of esters is 2. The smallest absolute Gasteiger partial charge is 0.330 e. The van der Waals surface area contributed by atoms with Crippen LogP contribution < -0.4 is 11.2 Å². The van der Waals surface area contributed by atoms with Crippen molar-refractivity contribution in [3.63, 3.8) is 0 Å². The van der Waals surface area contributed by atoms with Gasteiger partial charge >= 0.3 is 17.6 Å². The molecule has 1 N–H and O–H groups in total. The number of halogens is 1. The van der Waals surface area contributed by atoms with Crippen LogP contribution in [-0.4, -0.2) is 40.1 Å². The molecule has 1 aromatic heterocycles. The highest BCUT2D eigenvalue weighted by molar-refractivity contribution is 5.70. The number of hydrogen-bond donors (Lipinski definition) is 1. The molecule has 1 aliphatic rings. The minimum absolute atomic E-state index is 0.0161. The summed E-state index contributed by atoms with van der Waals surface area (Å²) >= 11 is 0. The SMILES string of the molecule is CCCCCCCCCCCCCCCC(=O)OC(F)[C@H]1O[C@@H](n2ccc(=O)[nH]c2=O)C[C@@H]1OC(=O)CCCCCCCCCCCCCCC. The zero-order chi connectivity index (χ0) is 36.9. The molecule has 0 bridgehead atoms. The van der Waals surface area contributed by atoms with Crippen LogP contribution in [-0.2, 0) is 23.8 Å². The Morgan fingerprint density at radius 1 is 0.706 bits per heavy atom. The molecule has 1 aromatic rings. The summed E-state index contributed by atoms with van der Waals surface area (Å²) < 4.78 is 33.1. The minimum atomic E-state index is -2.17. The van der Waals surface area contributed by atoms with Crippen molar-refractivity contribution in [1.82, 2.24) is 9.55 Å². The van der Waals surface area contributed by atoms with Crippen molar-refractivity contribution in [1.29, 1.82) is 0 Å². The second-order valence-electron chi connectivity index (χ2n) is 14.7. The van der Waals surface area contributed by atoms with Crippen LogP contribution in [0, 0.1) is 0 Å². The lowest BCUT2D eigenvalue weighted by Gasteiger charge is -2.22. The summed E-state index contributed by atoms with van der Waals surface area (Å²) in [6.45, 7) is 4.48. The maximum atomic E-state index is 15.4. The van der Waals surface area contributed by atoms with Crippen LogP contribution in [0.25, 0.3) is 0 Å². The molecular weight excluding hydrogens is 651 g/mol. The predicted octanol–water partition coefficient (Wildman–Crippen LogP) is 10.5. The number of rotatable bonds is 32. The number of nitrogens with one attached hydrogen (secondary N) is 1. The van der Waals surface area contributed by atoms with Crippen molar-refractivity contribution in [2.45, 2.75) is 225 Å². The van der Waals surface area contributed by atoms with Gasteiger partial charge in [0.05, 0.1) is 0 Å². The van der Waals surface area contributed by atoms with E-state index in [0.29, 0.717) is 12.8 Å². The topological polar surface area (TPSA) is 117 Å². The number of aromatic amines is 1. The molecule has 0 saturated carbocycles. The molecule has 0 amide bonds. The third kappa shape index (κ3) is 21.0. The van der Waals surface area contributed by atoms with Crippen molar-refractivity contribution in [3.8, 4) is 0 Å². The van der Waals surface area contributed by atoms with Crippen molar-refractivity contribution in [3.05, 3.63) is 33.1 Å². The molecule has 1 aliphatic heterocycles. The molecule has 0 aromatic carbocycles. The highest BCUT2D eigenvalue weighted by atomic mass is 19.1. The normalized spacial score (nSPS) is 17.8. The van der Waals surface area contributed by atoms with Gasteiger partial charge in [-0.15, -0.1) is 0 Å². The zero-order valence-electron chi connectivity index (χ0n) is 32.2. The average molecular weight is 723 g/mol. The van der Waals surface area contributed by atoms with E-state index in [0.717, 1.165) is 49.2 Å². The molecule has 10 heteroatoms. The Morgan fingerprint density at radius 3 is 1.55 bits per heavy atom. The van der Waals surface area contributed by atoms with Gasteiger partial charge in [0.15, 0.2) is 6.10 Å². The Bertz CT molecular complexity index is 1160. The van der Waals surface area contributed by atoms with E-state index < -0.39 is 48.0 Å². The average Bonchev–Trinajstić information content (AvgIpc) is 3.52. The summed E-state index contributed by atoms with van der Waals surface area (Å²) in [6, 6.07) is 1.16. The third-order valence-electron chi connectivity index (χ3n) is 10.0. The molecule has 0 radical (unpaired) electrons. The Labute approximate surface area is 307 Å². The van der Waals surface area contributed by atoms with Crippen LogP contribution in [0.5, 0.6) is 0 Å². The van der Waals surface area contributed by atoms with Gasteiger partial charge in [-0.3, -0.25) is 23.9 Å². The number of alkyl halides is 1. The van der Waals surface area contributed by atoms with E-state index in [1.54, 1.807) is 0 Å². The molecule has 51 heavy (non-hydrogen) atoms. The largest absolute Gasteiger partial charge is 0.459 e. The lowest BCUT2D eigenvalue weighted by Crippen LogP contribution is -2.37. The lowest BCUT2D eigenvalue weighted by molar-refractivity contribution is -0.187. The summed E-state index contributed by atoms with van der Waals surface area (Å²) in [4.78, 5) is 51.4. The second kappa shape index (κ2) is 29.0. The molecule has 0 spiro atoms. The van der Waals surface area contributed by atoms with E-state index in [4.69, 9.17) is 14.2 Å². The summed E-state index contributed by atoms with van der Waals surface area (Å²) in [7, 11) is 0. The van der Waals surface area contributed by atoms with Crippen molar-refractivity contribution in [2.75, 3.05) is 0 Å². The maximum Gasteiger partial charge on any atom is 0.330 e. The number of nitrogens with zero attached hydrogens (tertiary/aromatic N) is 1. The highest BCUT2D eigenvalue weighted by Gasteiger charge is 2.45. The van der Waals surface area contributed by atoms with Gasteiger partial charge in [-0.05, 0) is 12.8 Å². The van der Waals surface area contributed by atoms with Crippen molar-refractivity contribution >= 4 is 11.9 Å². The lowest BCUT2D eigenvalue weighted by atomic mass is 10.0. The summed E-state index contributed by atoms with van der Waals surface area (Å²) in [5.74, 6) is -1.15. The van der Waals surface area contributed by atoms with Crippen molar-refractivity contribution < 1.29 is 28.2 Å². The number of ether oxygens (including phenoxy) is 3. The van der Waals surface area contributed by atoms with E-state index in [1.165, 1.54) is 122 Å². The van der Waals surface area contributed by atoms with Gasteiger partial charge in [-0.2, -0.15) is 4.39 Å². The van der Waals surface area contributed by atoms with E-state index in [-0.39, 0.29) is 19.3 Å². The first-order valence-electron chi connectivity index (χ1n) is 20.9. The number of unbranched alkanes of at least 4 members (excludes halogenated alkanes) is 24. The molecule has 2 rings (SSSR count). The molecule has 1 saturated heterocycles.